The molecule has 0 aliphatic heterocycles. The van der Waals surface area contributed by atoms with Crippen LogP contribution in [0.1, 0.15) is 12.8 Å². The van der Waals surface area contributed by atoms with Crippen molar-refractivity contribution in [1.82, 2.24) is 5.32 Å². The van der Waals surface area contributed by atoms with Crippen LogP contribution in [0.4, 0.5) is 4.79 Å². The highest BCUT2D eigenvalue weighted by Gasteiger charge is 2.25. The third-order valence-electron chi connectivity index (χ3n) is 1.81. The van der Waals surface area contributed by atoms with Gasteiger partial charge >= 0.3 is 6.09 Å². The smallest absolute Gasteiger partial charge is 0.404 e. The van der Waals surface area contributed by atoms with Crippen LogP contribution in [0, 0.1) is 5.92 Å². The molecule has 11 heavy (non-hydrogen) atoms. The Morgan fingerprint density at radius 1 is 1.64 bits per heavy atom. The zero-order chi connectivity index (χ0) is 7.56. The first-order chi connectivity index (χ1) is 4.68. The molecule has 4 N–H and O–H groups in total. The zero-order valence-corrected chi connectivity index (χ0v) is 6.93. The van der Waals surface area contributed by atoms with Gasteiger partial charge in [0.1, 0.15) is 0 Å². The molecule has 0 aromatic heterocycles. The lowest BCUT2D eigenvalue weighted by atomic mass is 9.81. The number of amides is 1. The molecule has 1 saturated carbocycles. The predicted octanol–water partition coefficient (Wildman–Crippen LogP) is 0.413. The third-order valence-corrected chi connectivity index (χ3v) is 1.81. The summed E-state index contributed by atoms with van der Waals surface area (Å²) in [6, 6.07) is 0.306. The largest absolute Gasteiger partial charge is 0.465 e. The van der Waals surface area contributed by atoms with Crippen LogP contribution in [-0.2, 0) is 0 Å². The molecular formula is C6H13ClN2O2. The summed E-state index contributed by atoms with van der Waals surface area (Å²) >= 11 is 0. The molecule has 5 heteroatoms. The second-order valence-electron chi connectivity index (χ2n) is 2.78. The van der Waals surface area contributed by atoms with Crippen LogP contribution in [0.2, 0.25) is 0 Å². The number of nitrogens with one attached hydrogen (secondary N) is 1. The van der Waals surface area contributed by atoms with Crippen LogP contribution >= 0.6 is 12.4 Å². The van der Waals surface area contributed by atoms with E-state index in [9.17, 15) is 4.79 Å². The average Bonchev–Trinajstić information content (AvgIpc) is 1.77. The van der Waals surface area contributed by atoms with E-state index in [4.69, 9.17) is 10.8 Å². The van der Waals surface area contributed by atoms with Crippen molar-refractivity contribution < 1.29 is 9.90 Å². The minimum absolute atomic E-state index is 0. The summed E-state index contributed by atoms with van der Waals surface area (Å²) in [6.45, 7) is 0.559. The van der Waals surface area contributed by atoms with Gasteiger partial charge in [-0.2, -0.15) is 0 Å². The Bertz CT molecular complexity index is 137. The van der Waals surface area contributed by atoms with Gasteiger partial charge in [-0.25, -0.2) is 4.79 Å². The van der Waals surface area contributed by atoms with E-state index in [2.05, 4.69) is 5.32 Å². The van der Waals surface area contributed by atoms with Crippen molar-refractivity contribution >= 4 is 18.5 Å². The van der Waals surface area contributed by atoms with Crippen LogP contribution in [0.25, 0.3) is 0 Å². The van der Waals surface area contributed by atoms with Crippen molar-refractivity contribution in [1.29, 1.82) is 0 Å². The minimum atomic E-state index is -0.944. The number of hydrogen-bond acceptors (Lipinski definition) is 2. The quantitative estimate of drug-likeness (QED) is 0.576. The molecule has 1 aliphatic carbocycles. The maximum Gasteiger partial charge on any atom is 0.404 e. The highest BCUT2D eigenvalue weighted by Crippen LogP contribution is 2.24. The van der Waals surface area contributed by atoms with Crippen molar-refractivity contribution in [3.8, 4) is 0 Å². The van der Waals surface area contributed by atoms with Crippen molar-refractivity contribution in [3.63, 3.8) is 0 Å². The lowest BCUT2D eigenvalue weighted by Crippen LogP contribution is -2.42. The maximum atomic E-state index is 9.98. The van der Waals surface area contributed by atoms with Gasteiger partial charge in [0.25, 0.3) is 0 Å². The Labute approximate surface area is 71.6 Å². The minimum Gasteiger partial charge on any atom is -0.465 e. The topological polar surface area (TPSA) is 75.3 Å². The summed E-state index contributed by atoms with van der Waals surface area (Å²) in [7, 11) is 0. The molecular weight excluding hydrogens is 168 g/mol. The van der Waals surface area contributed by atoms with Crippen LogP contribution in [0.5, 0.6) is 0 Å². The second kappa shape index (κ2) is 4.41. The van der Waals surface area contributed by atoms with Crippen LogP contribution < -0.4 is 11.1 Å². The van der Waals surface area contributed by atoms with Crippen LogP contribution in [0.3, 0.4) is 0 Å². The fourth-order valence-corrected chi connectivity index (χ4v) is 1.19. The molecule has 0 aromatic rings. The van der Waals surface area contributed by atoms with E-state index < -0.39 is 6.09 Å². The molecule has 0 bridgehead atoms. The molecule has 0 heterocycles. The number of nitrogens with two attached hydrogens (primary N) is 1. The Morgan fingerprint density at radius 2 is 2.18 bits per heavy atom. The molecule has 1 aliphatic rings. The molecule has 4 nitrogen and oxygen atoms in total. The molecule has 0 spiro atoms. The third kappa shape index (κ3) is 3.43. The van der Waals surface area contributed by atoms with Gasteiger partial charge < -0.3 is 16.2 Å². The first kappa shape index (κ1) is 10.5. The van der Waals surface area contributed by atoms with Gasteiger partial charge in [0, 0.05) is 12.6 Å². The van der Waals surface area contributed by atoms with Gasteiger partial charge in [-0.3, -0.25) is 0 Å². The number of carbonyl (C=O) groups is 1. The Balaban J connectivity index is 0.000001000. The summed E-state index contributed by atoms with van der Waals surface area (Å²) in [6.07, 6.45) is 0.973. The van der Waals surface area contributed by atoms with Crippen LogP contribution in [0.15, 0.2) is 0 Å². The lowest BCUT2D eigenvalue weighted by Gasteiger charge is -2.31. The van der Waals surface area contributed by atoms with Gasteiger partial charge in [-0.15, -0.1) is 12.4 Å². The Morgan fingerprint density at radius 3 is 2.55 bits per heavy atom. The fourth-order valence-electron chi connectivity index (χ4n) is 1.19. The van der Waals surface area contributed by atoms with Gasteiger partial charge in [0.05, 0.1) is 0 Å². The van der Waals surface area contributed by atoms with E-state index in [0.29, 0.717) is 18.5 Å². The molecule has 0 aromatic carbocycles. The number of hydrogen-bond donors (Lipinski definition) is 3. The first-order valence-electron chi connectivity index (χ1n) is 3.41. The summed E-state index contributed by atoms with van der Waals surface area (Å²) in [4.78, 5) is 9.98. The van der Waals surface area contributed by atoms with Crippen molar-refractivity contribution in [3.05, 3.63) is 0 Å². The molecule has 0 unspecified atom stereocenters. The van der Waals surface area contributed by atoms with Crippen molar-refractivity contribution in [2.45, 2.75) is 18.9 Å². The monoisotopic (exact) mass is 180 g/mol. The van der Waals surface area contributed by atoms with E-state index in [1.807, 2.05) is 0 Å². The standard InChI is InChI=1S/C6H12N2O2.ClH/c7-5-1-4(2-5)3-8-6(9)10;/h4-5,8H,1-3,7H2,(H,9,10);1H. The molecule has 0 radical (unpaired) electrons. The molecule has 1 fully saturated rings. The van der Waals surface area contributed by atoms with E-state index in [1.165, 1.54) is 0 Å². The van der Waals surface area contributed by atoms with Gasteiger partial charge in [-0.1, -0.05) is 0 Å². The Kier molecular flexibility index (Phi) is 4.22. The number of halogens is 1. The molecule has 1 amide bonds. The van der Waals surface area contributed by atoms with E-state index >= 15 is 0 Å². The number of carboxylic acid groups (broad SMARTS) is 1. The van der Waals surface area contributed by atoms with E-state index in [0.717, 1.165) is 12.8 Å². The summed E-state index contributed by atoms with van der Waals surface area (Å²) in [5, 5.41) is 10.5. The highest BCUT2D eigenvalue weighted by atomic mass is 35.5. The molecule has 0 atom stereocenters. The molecule has 1 rings (SSSR count). The van der Waals surface area contributed by atoms with Crippen molar-refractivity contribution in [2.24, 2.45) is 11.7 Å². The summed E-state index contributed by atoms with van der Waals surface area (Å²) in [5.74, 6) is 0.478. The second-order valence-corrected chi connectivity index (χ2v) is 2.78. The van der Waals surface area contributed by atoms with Gasteiger partial charge in [-0.05, 0) is 18.8 Å². The first-order valence-corrected chi connectivity index (χ1v) is 3.41. The highest BCUT2D eigenvalue weighted by molar-refractivity contribution is 5.85. The SMILES string of the molecule is Cl.NC1CC(CNC(=O)O)C1. The predicted molar refractivity (Wildman–Crippen MR) is 44.0 cm³/mol. The average molecular weight is 181 g/mol. The van der Waals surface area contributed by atoms with Gasteiger partial charge in [0.15, 0.2) is 0 Å². The number of rotatable bonds is 2. The lowest BCUT2D eigenvalue weighted by molar-refractivity contribution is 0.184. The maximum absolute atomic E-state index is 9.98. The van der Waals surface area contributed by atoms with Crippen molar-refractivity contribution in [2.75, 3.05) is 6.54 Å². The molecule has 0 saturated heterocycles. The summed E-state index contributed by atoms with van der Waals surface area (Å²) in [5.41, 5.74) is 5.50. The van der Waals surface area contributed by atoms with Gasteiger partial charge in [0.2, 0.25) is 0 Å². The molecule has 66 valence electrons. The normalized spacial score (nSPS) is 28.1. The van der Waals surface area contributed by atoms with E-state index in [1.54, 1.807) is 0 Å². The zero-order valence-electron chi connectivity index (χ0n) is 6.12. The Hall–Kier alpha value is -0.480. The van der Waals surface area contributed by atoms with E-state index in [-0.39, 0.29) is 12.4 Å². The summed E-state index contributed by atoms with van der Waals surface area (Å²) < 4.78 is 0. The fraction of sp³-hybridized carbons (Fsp3) is 0.833. The van der Waals surface area contributed by atoms with Crippen LogP contribution in [-0.4, -0.2) is 23.8 Å².